The smallest absolute Gasteiger partial charge is 0.323 e. The molecule has 21 heavy (non-hydrogen) atoms. The van der Waals surface area contributed by atoms with Crippen LogP contribution >= 0.6 is 12.6 Å². The number of carbonyl (C=O) groups excluding carboxylic acids is 2. The van der Waals surface area contributed by atoms with Crippen LogP contribution in [0.25, 0.3) is 0 Å². The fraction of sp³-hybridized carbons (Fsp3) is 0.636. The van der Waals surface area contributed by atoms with E-state index in [0.29, 0.717) is 0 Å². The molecule has 2 amide bonds. The second kappa shape index (κ2) is 8.47. The first-order chi connectivity index (χ1) is 9.60. The standard InChI is InChI=1S/C11H19N3O6S/c1-11(12,10(19)20)3-2-7(15)14-6(5-21)9(18)13-4-8(16)17/h6,21H,2-5,12H2,1H3,(H,13,18)(H,14,15)(H,16,17)(H,19,20)/t6-,11?/m0/s1. The van der Waals surface area contributed by atoms with Gasteiger partial charge in [-0.3, -0.25) is 19.2 Å². The highest BCUT2D eigenvalue weighted by atomic mass is 32.1. The van der Waals surface area contributed by atoms with Crippen molar-refractivity contribution in [1.82, 2.24) is 10.6 Å². The van der Waals surface area contributed by atoms with Gasteiger partial charge in [0, 0.05) is 12.2 Å². The summed E-state index contributed by atoms with van der Waals surface area (Å²) in [7, 11) is 0. The average Bonchev–Trinajstić information content (AvgIpc) is 2.39. The van der Waals surface area contributed by atoms with Gasteiger partial charge in [-0.15, -0.1) is 0 Å². The van der Waals surface area contributed by atoms with Crippen LogP contribution in [0, 0.1) is 0 Å². The third-order valence-electron chi connectivity index (χ3n) is 2.61. The second-order valence-electron chi connectivity index (χ2n) is 4.64. The first kappa shape index (κ1) is 19.2. The highest BCUT2D eigenvalue weighted by Gasteiger charge is 2.29. The van der Waals surface area contributed by atoms with Gasteiger partial charge in [0.15, 0.2) is 0 Å². The van der Waals surface area contributed by atoms with E-state index in [1.54, 1.807) is 0 Å². The maximum absolute atomic E-state index is 11.6. The Morgan fingerprint density at radius 3 is 2.29 bits per heavy atom. The number of hydrogen-bond acceptors (Lipinski definition) is 6. The summed E-state index contributed by atoms with van der Waals surface area (Å²) in [5.74, 6) is -3.74. The van der Waals surface area contributed by atoms with Crippen LogP contribution in [0.15, 0.2) is 0 Å². The van der Waals surface area contributed by atoms with E-state index in [0.717, 1.165) is 0 Å². The van der Waals surface area contributed by atoms with Crippen LogP contribution in [0.4, 0.5) is 0 Å². The minimum atomic E-state index is -1.54. The van der Waals surface area contributed by atoms with Gasteiger partial charge in [0.2, 0.25) is 11.8 Å². The highest BCUT2D eigenvalue weighted by molar-refractivity contribution is 7.80. The number of rotatable bonds is 9. The molecule has 0 heterocycles. The summed E-state index contributed by atoms with van der Waals surface area (Å²) in [5.41, 5.74) is 3.93. The molecule has 0 aromatic rings. The molecule has 0 spiro atoms. The lowest BCUT2D eigenvalue weighted by atomic mass is 9.97. The van der Waals surface area contributed by atoms with Crippen LogP contribution in [0.3, 0.4) is 0 Å². The summed E-state index contributed by atoms with van der Waals surface area (Å²) >= 11 is 3.89. The van der Waals surface area contributed by atoms with E-state index in [1.165, 1.54) is 6.92 Å². The summed E-state index contributed by atoms with van der Waals surface area (Å²) in [5, 5.41) is 21.7. The molecule has 10 heteroatoms. The third-order valence-corrected chi connectivity index (χ3v) is 2.97. The Kier molecular flexibility index (Phi) is 7.74. The fourth-order valence-corrected chi connectivity index (χ4v) is 1.48. The summed E-state index contributed by atoms with van der Waals surface area (Å²) in [6, 6.07) is -1.01. The zero-order valence-electron chi connectivity index (χ0n) is 11.5. The zero-order valence-corrected chi connectivity index (χ0v) is 12.4. The Hall–Kier alpha value is -1.81. The SMILES string of the molecule is CC(N)(CCC(=O)N[C@@H](CS)C(=O)NCC(=O)O)C(=O)O. The molecule has 0 fully saturated rings. The lowest BCUT2D eigenvalue weighted by Crippen LogP contribution is -2.50. The molecule has 0 aromatic carbocycles. The van der Waals surface area contributed by atoms with Gasteiger partial charge in [-0.25, -0.2) is 0 Å². The monoisotopic (exact) mass is 321 g/mol. The first-order valence-corrected chi connectivity index (χ1v) is 6.65. The van der Waals surface area contributed by atoms with Crippen molar-refractivity contribution < 1.29 is 29.4 Å². The summed E-state index contributed by atoms with van der Waals surface area (Å²) < 4.78 is 0. The molecule has 9 nitrogen and oxygen atoms in total. The third kappa shape index (κ3) is 7.51. The van der Waals surface area contributed by atoms with Gasteiger partial charge in [-0.1, -0.05) is 0 Å². The van der Waals surface area contributed by atoms with Gasteiger partial charge >= 0.3 is 11.9 Å². The van der Waals surface area contributed by atoms with E-state index < -0.39 is 41.9 Å². The zero-order chi connectivity index (χ0) is 16.6. The van der Waals surface area contributed by atoms with Crippen molar-refractivity contribution in [2.75, 3.05) is 12.3 Å². The highest BCUT2D eigenvalue weighted by Crippen LogP contribution is 2.09. The Bertz CT molecular complexity index is 426. The molecule has 1 unspecified atom stereocenters. The van der Waals surface area contributed by atoms with Crippen molar-refractivity contribution in [3.63, 3.8) is 0 Å². The molecule has 6 N–H and O–H groups in total. The van der Waals surface area contributed by atoms with E-state index >= 15 is 0 Å². The van der Waals surface area contributed by atoms with E-state index in [1.807, 2.05) is 0 Å². The van der Waals surface area contributed by atoms with Crippen LogP contribution in [0.1, 0.15) is 19.8 Å². The topological polar surface area (TPSA) is 159 Å². The summed E-state index contributed by atoms with van der Waals surface area (Å²) in [6.45, 7) is 0.705. The maximum atomic E-state index is 11.6. The van der Waals surface area contributed by atoms with Gasteiger partial charge in [-0.05, 0) is 13.3 Å². The normalized spacial score (nSPS) is 14.6. The van der Waals surface area contributed by atoms with E-state index in [4.69, 9.17) is 15.9 Å². The Morgan fingerprint density at radius 1 is 1.29 bits per heavy atom. The number of nitrogens with two attached hydrogens (primary N) is 1. The number of hydrogen-bond donors (Lipinski definition) is 6. The number of carboxylic acids is 2. The number of amides is 2. The number of nitrogens with one attached hydrogen (secondary N) is 2. The van der Waals surface area contributed by atoms with Crippen molar-refractivity contribution >= 4 is 36.4 Å². The summed E-state index contributed by atoms with van der Waals surface area (Å²) in [6.07, 6.45) is -0.292. The number of carboxylic acid groups (broad SMARTS) is 2. The van der Waals surface area contributed by atoms with Crippen LogP contribution in [-0.2, 0) is 19.2 Å². The Morgan fingerprint density at radius 2 is 1.86 bits per heavy atom. The average molecular weight is 321 g/mol. The number of carbonyl (C=O) groups is 4. The van der Waals surface area contributed by atoms with E-state index in [-0.39, 0.29) is 18.6 Å². The van der Waals surface area contributed by atoms with Crippen molar-refractivity contribution in [3.05, 3.63) is 0 Å². The Labute approximate surface area is 126 Å². The van der Waals surface area contributed by atoms with E-state index in [2.05, 4.69) is 23.3 Å². The summed E-state index contributed by atoms with van der Waals surface area (Å²) in [4.78, 5) is 44.3. The lowest BCUT2D eigenvalue weighted by Gasteiger charge is -2.20. The number of thiol groups is 1. The predicted octanol–water partition coefficient (Wildman–Crippen LogP) is -1.82. The molecular formula is C11H19N3O6S. The molecule has 120 valence electrons. The molecule has 0 radical (unpaired) electrons. The Balaban J connectivity index is 4.36. The lowest BCUT2D eigenvalue weighted by molar-refractivity contribution is -0.143. The largest absolute Gasteiger partial charge is 0.480 e. The quantitative estimate of drug-likeness (QED) is 0.273. The molecule has 0 saturated heterocycles. The molecule has 0 bridgehead atoms. The molecule has 0 aliphatic rings. The van der Waals surface area contributed by atoms with Crippen molar-refractivity contribution in [2.45, 2.75) is 31.3 Å². The van der Waals surface area contributed by atoms with Crippen molar-refractivity contribution in [2.24, 2.45) is 5.73 Å². The molecule has 0 aliphatic carbocycles. The molecule has 0 rings (SSSR count). The van der Waals surface area contributed by atoms with Crippen LogP contribution in [-0.4, -0.2) is 57.8 Å². The maximum Gasteiger partial charge on any atom is 0.323 e. The van der Waals surface area contributed by atoms with Gasteiger partial charge in [0.1, 0.15) is 18.1 Å². The van der Waals surface area contributed by atoms with Crippen molar-refractivity contribution in [1.29, 1.82) is 0 Å². The van der Waals surface area contributed by atoms with Gasteiger partial charge in [0.25, 0.3) is 0 Å². The molecule has 2 atom stereocenters. The predicted molar refractivity (Wildman–Crippen MR) is 75.9 cm³/mol. The van der Waals surface area contributed by atoms with Crippen LogP contribution in [0.2, 0.25) is 0 Å². The van der Waals surface area contributed by atoms with Crippen LogP contribution < -0.4 is 16.4 Å². The van der Waals surface area contributed by atoms with Gasteiger partial charge < -0.3 is 26.6 Å². The first-order valence-electron chi connectivity index (χ1n) is 6.02. The van der Waals surface area contributed by atoms with Crippen LogP contribution in [0.5, 0.6) is 0 Å². The van der Waals surface area contributed by atoms with Gasteiger partial charge in [-0.2, -0.15) is 12.6 Å². The minimum Gasteiger partial charge on any atom is -0.480 e. The molecular weight excluding hydrogens is 302 g/mol. The number of aliphatic carboxylic acids is 2. The molecule has 0 aromatic heterocycles. The molecule has 0 saturated carbocycles. The molecule has 0 aliphatic heterocycles. The van der Waals surface area contributed by atoms with E-state index in [9.17, 15) is 19.2 Å². The van der Waals surface area contributed by atoms with Crippen molar-refractivity contribution in [3.8, 4) is 0 Å². The van der Waals surface area contributed by atoms with Gasteiger partial charge in [0.05, 0.1) is 0 Å². The fourth-order valence-electron chi connectivity index (χ4n) is 1.23. The minimum absolute atomic E-state index is 0.0317. The second-order valence-corrected chi connectivity index (χ2v) is 5.00.